The molecule has 0 aliphatic heterocycles. The van der Waals surface area contributed by atoms with Crippen molar-refractivity contribution < 1.29 is 12.8 Å². The summed E-state index contributed by atoms with van der Waals surface area (Å²) >= 11 is 1.48. The smallest absolute Gasteiger partial charge is 0.147 e. The number of sulfonamides is 1. The maximum atomic E-state index is 13.2. The van der Waals surface area contributed by atoms with E-state index < -0.39 is 15.8 Å². The van der Waals surface area contributed by atoms with E-state index in [1.807, 2.05) is 0 Å². The van der Waals surface area contributed by atoms with E-state index in [1.165, 1.54) is 29.0 Å². The number of halogens is 2. The van der Waals surface area contributed by atoms with E-state index in [2.05, 4.69) is 4.72 Å². The van der Waals surface area contributed by atoms with Gasteiger partial charge in [-0.1, -0.05) is 0 Å². The fraction of sp³-hybridized carbons (Fsp3) is 0.250. The second-order valence-electron chi connectivity index (χ2n) is 2.89. The zero-order chi connectivity index (χ0) is 10.8. The molecule has 1 rings (SSSR count). The predicted molar refractivity (Wildman–Crippen MR) is 64.4 cm³/mol. The molecule has 0 fully saturated rings. The Hall–Kier alpha value is -0.252. The Morgan fingerprint density at radius 3 is 2.47 bits per heavy atom. The van der Waals surface area contributed by atoms with Crippen LogP contribution in [-0.2, 0) is 15.2 Å². The molecular formula is C8H12AsClFNO2S. The van der Waals surface area contributed by atoms with Crippen molar-refractivity contribution in [1.29, 1.82) is 0 Å². The van der Waals surface area contributed by atoms with Crippen LogP contribution >= 0.6 is 12.4 Å². The van der Waals surface area contributed by atoms with Gasteiger partial charge in [0, 0.05) is 0 Å². The minimum Gasteiger partial charge on any atom is -0.147 e. The third-order valence-electron chi connectivity index (χ3n) is 1.56. The summed E-state index contributed by atoms with van der Waals surface area (Å²) in [6.45, 7) is 0. The van der Waals surface area contributed by atoms with Gasteiger partial charge in [-0.2, -0.15) is 0 Å². The van der Waals surface area contributed by atoms with Crippen LogP contribution in [0.25, 0.3) is 0 Å². The van der Waals surface area contributed by atoms with E-state index in [4.69, 9.17) is 0 Å². The maximum absolute atomic E-state index is 13.2. The van der Waals surface area contributed by atoms with E-state index in [0.29, 0.717) is 0 Å². The maximum Gasteiger partial charge on any atom is -0.147 e. The molecule has 0 radical (unpaired) electrons. The van der Waals surface area contributed by atoms with Crippen LogP contribution in [0.4, 0.5) is 10.1 Å². The van der Waals surface area contributed by atoms with Gasteiger partial charge in [0.15, 0.2) is 0 Å². The van der Waals surface area contributed by atoms with E-state index in [0.717, 1.165) is 17.0 Å². The Bertz CT molecular complexity index is 438. The topological polar surface area (TPSA) is 46.2 Å². The summed E-state index contributed by atoms with van der Waals surface area (Å²) in [5.74, 6) is -0.537. The minimum atomic E-state index is -3.41. The van der Waals surface area contributed by atoms with Crippen LogP contribution in [0.5, 0.6) is 0 Å². The minimum absolute atomic E-state index is 0. The molecule has 0 spiro atoms. The van der Waals surface area contributed by atoms with Crippen molar-refractivity contribution in [2.24, 2.45) is 0 Å². The van der Waals surface area contributed by atoms with Crippen molar-refractivity contribution in [1.82, 2.24) is 0 Å². The van der Waals surface area contributed by atoms with Gasteiger partial charge in [-0.05, 0) is 0 Å². The molecule has 0 aromatic heterocycles. The monoisotopic (exact) mass is 315 g/mol. The first-order chi connectivity index (χ1) is 6.42. The Labute approximate surface area is 103 Å². The van der Waals surface area contributed by atoms with Crippen LogP contribution in [0.3, 0.4) is 0 Å². The van der Waals surface area contributed by atoms with Gasteiger partial charge >= 0.3 is 91.1 Å². The van der Waals surface area contributed by atoms with E-state index in [9.17, 15) is 12.8 Å². The number of benzene rings is 1. The quantitative estimate of drug-likeness (QED) is 0.837. The summed E-state index contributed by atoms with van der Waals surface area (Å²) in [5, 5.41) is 0.781. The van der Waals surface area contributed by atoms with E-state index in [-0.39, 0.29) is 18.1 Å². The van der Waals surface area contributed by atoms with Gasteiger partial charge < -0.3 is 0 Å². The fourth-order valence-electron chi connectivity index (χ4n) is 0.968. The number of hydrogen-bond donors (Lipinski definition) is 1. The molecule has 15 heavy (non-hydrogen) atoms. The molecule has 0 bridgehead atoms. The number of rotatable bonds is 3. The molecule has 0 aliphatic rings. The second kappa shape index (κ2) is 5.73. The first-order valence-corrected chi connectivity index (χ1v) is 7.49. The first-order valence-electron chi connectivity index (χ1n) is 3.88. The van der Waals surface area contributed by atoms with Crippen LogP contribution in [-0.4, -0.2) is 31.5 Å². The SMILES string of the molecule is CS(=O)(=O)Nc1ccc(C[AsH2])cc1F.Cl. The van der Waals surface area contributed by atoms with Crippen molar-refractivity contribution in [3.63, 3.8) is 0 Å². The number of hydrogen-bond acceptors (Lipinski definition) is 2. The second-order valence-corrected chi connectivity index (χ2v) is 5.50. The molecule has 1 aromatic carbocycles. The van der Waals surface area contributed by atoms with Gasteiger partial charge in [0.1, 0.15) is 0 Å². The van der Waals surface area contributed by atoms with Gasteiger partial charge in [-0.15, -0.1) is 12.4 Å². The summed E-state index contributed by atoms with van der Waals surface area (Å²) in [5.41, 5.74) is 0.860. The average Bonchev–Trinajstić information content (AvgIpc) is 2.06. The third kappa shape index (κ3) is 4.87. The molecule has 7 heteroatoms. The normalized spacial score (nSPS) is 10.6. The molecule has 0 amide bonds. The Morgan fingerprint density at radius 2 is 2.07 bits per heavy atom. The van der Waals surface area contributed by atoms with Crippen LogP contribution in [0.1, 0.15) is 5.56 Å². The van der Waals surface area contributed by atoms with Crippen LogP contribution in [0.15, 0.2) is 18.2 Å². The molecule has 1 aromatic rings. The molecule has 0 saturated carbocycles. The van der Waals surface area contributed by atoms with Crippen LogP contribution in [0, 0.1) is 5.82 Å². The third-order valence-corrected chi connectivity index (χ3v) is 3.14. The summed E-state index contributed by atoms with van der Waals surface area (Å²) < 4.78 is 37.0. The van der Waals surface area contributed by atoms with Crippen molar-refractivity contribution in [2.75, 3.05) is 11.0 Å². The predicted octanol–water partition coefficient (Wildman–Crippen LogP) is 0.752. The van der Waals surface area contributed by atoms with E-state index in [1.54, 1.807) is 6.07 Å². The molecule has 1 N–H and O–H groups in total. The van der Waals surface area contributed by atoms with E-state index >= 15 is 0 Å². The summed E-state index contributed by atoms with van der Waals surface area (Å²) in [4.78, 5) is 0. The van der Waals surface area contributed by atoms with Crippen LogP contribution in [0.2, 0.25) is 0 Å². The number of nitrogens with one attached hydrogen (secondary N) is 1. The number of anilines is 1. The zero-order valence-electron chi connectivity index (χ0n) is 8.03. The Kier molecular flexibility index (Phi) is 5.63. The van der Waals surface area contributed by atoms with Crippen molar-refractivity contribution >= 4 is 45.0 Å². The molecule has 1 unspecified atom stereocenters. The molecule has 0 heterocycles. The molecule has 3 nitrogen and oxygen atoms in total. The van der Waals surface area contributed by atoms with Gasteiger partial charge in [0.25, 0.3) is 0 Å². The summed E-state index contributed by atoms with van der Waals surface area (Å²) in [6, 6.07) is 4.49. The van der Waals surface area contributed by atoms with Crippen molar-refractivity contribution in [3.05, 3.63) is 29.6 Å². The standard InChI is InChI=1S/C8H11AsFNO2S.ClH/c1-14(12,13)11-8-3-2-6(5-9)4-7(8)10;/h2-4,11H,5,9H2,1H3;1H. The molecular weight excluding hydrogens is 304 g/mol. The first kappa shape index (κ1) is 14.7. The Morgan fingerprint density at radius 1 is 1.47 bits per heavy atom. The van der Waals surface area contributed by atoms with Gasteiger partial charge in [-0.25, -0.2) is 0 Å². The molecule has 1 atom stereocenters. The summed E-state index contributed by atoms with van der Waals surface area (Å²) in [7, 11) is -3.41. The Balaban J connectivity index is 0.00000196. The molecule has 86 valence electrons. The van der Waals surface area contributed by atoms with Crippen molar-refractivity contribution in [3.8, 4) is 0 Å². The molecule has 0 saturated heterocycles. The zero-order valence-corrected chi connectivity index (χ0v) is 12.1. The van der Waals surface area contributed by atoms with Gasteiger partial charge in [0.05, 0.1) is 0 Å². The average molecular weight is 316 g/mol. The fourth-order valence-corrected chi connectivity index (χ4v) is 2.07. The van der Waals surface area contributed by atoms with Crippen LogP contribution < -0.4 is 4.72 Å². The molecule has 0 aliphatic carbocycles. The van der Waals surface area contributed by atoms with Crippen molar-refractivity contribution in [2.45, 2.75) is 5.21 Å². The van der Waals surface area contributed by atoms with Gasteiger partial charge in [0.2, 0.25) is 0 Å². The largest absolute Gasteiger partial charge is 0.147 e. The van der Waals surface area contributed by atoms with Gasteiger partial charge in [-0.3, -0.25) is 0 Å². The summed E-state index contributed by atoms with van der Waals surface area (Å²) in [6.07, 6.45) is 0.989.